The maximum absolute atomic E-state index is 13.7. The first kappa shape index (κ1) is 20.3. The molecule has 0 saturated carbocycles. The second-order valence-electron chi connectivity index (χ2n) is 6.89. The minimum atomic E-state index is -3.64. The molecule has 0 amide bonds. The highest BCUT2D eigenvalue weighted by molar-refractivity contribution is 7.89. The van der Waals surface area contributed by atoms with Crippen molar-refractivity contribution in [3.05, 3.63) is 101 Å². The second kappa shape index (κ2) is 9.18. The number of hydrogen-bond acceptors (Lipinski definition) is 2. The topological polar surface area (TPSA) is 37.4 Å². The lowest BCUT2D eigenvalue weighted by Gasteiger charge is -2.24. The Labute approximate surface area is 168 Å². The van der Waals surface area contributed by atoms with Crippen LogP contribution in [0.1, 0.15) is 36.1 Å². The predicted molar refractivity (Wildman–Crippen MR) is 115 cm³/mol. The van der Waals surface area contributed by atoms with Crippen molar-refractivity contribution in [2.45, 2.75) is 44.7 Å². The summed E-state index contributed by atoms with van der Waals surface area (Å²) in [5.41, 5.74) is 3.86. The van der Waals surface area contributed by atoms with Crippen LogP contribution in [0.3, 0.4) is 0 Å². The molecule has 0 fully saturated rings. The van der Waals surface area contributed by atoms with Crippen LogP contribution in [0.4, 0.5) is 0 Å². The lowest BCUT2D eigenvalue weighted by Crippen LogP contribution is -2.31. The van der Waals surface area contributed by atoms with E-state index in [0.29, 0.717) is 24.4 Å². The zero-order chi connectivity index (χ0) is 20.0. The van der Waals surface area contributed by atoms with E-state index in [-0.39, 0.29) is 0 Å². The van der Waals surface area contributed by atoms with Gasteiger partial charge in [0, 0.05) is 13.1 Å². The zero-order valence-corrected chi connectivity index (χ0v) is 17.3. The van der Waals surface area contributed by atoms with Gasteiger partial charge >= 0.3 is 0 Å². The summed E-state index contributed by atoms with van der Waals surface area (Å²) < 4.78 is 29.0. The van der Waals surface area contributed by atoms with Crippen LogP contribution in [-0.2, 0) is 36.0 Å². The summed E-state index contributed by atoms with van der Waals surface area (Å²) >= 11 is 0. The predicted octanol–water partition coefficient (Wildman–Crippen LogP) is 5.20. The summed E-state index contributed by atoms with van der Waals surface area (Å²) in [4.78, 5) is 0.432. The summed E-state index contributed by atoms with van der Waals surface area (Å²) in [6, 6.07) is 25.4. The number of aryl methyl sites for hydroxylation is 2. The van der Waals surface area contributed by atoms with Gasteiger partial charge in [0.2, 0.25) is 10.0 Å². The molecule has 0 spiro atoms. The Kier molecular flexibility index (Phi) is 6.65. The largest absolute Gasteiger partial charge is 0.243 e. The lowest BCUT2D eigenvalue weighted by atomic mass is 10.1. The van der Waals surface area contributed by atoms with E-state index >= 15 is 0 Å². The summed E-state index contributed by atoms with van der Waals surface area (Å²) in [6.45, 7) is 4.73. The molecule has 3 nitrogen and oxygen atoms in total. The molecule has 0 aliphatic rings. The molecule has 0 aliphatic carbocycles. The van der Waals surface area contributed by atoms with Gasteiger partial charge in [-0.15, -0.1) is 0 Å². The average Bonchev–Trinajstić information content (AvgIpc) is 2.74. The molecule has 3 aromatic rings. The van der Waals surface area contributed by atoms with Gasteiger partial charge in [-0.05, 0) is 41.2 Å². The zero-order valence-electron chi connectivity index (χ0n) is 16.5. The molecule has 146 valence electrons. The summed E-state index contributed by atoms with van der Waals surface area (Å²) in [5.74, 6) is 0. The molecule has 0 aromatic heterocycles. The van der Waals surface area contributed by atoms with Crippen molar-refractivity contribution in [2.24, 2.45) is 0 Å². The van der Waals surface area contributed by atoms with E-state index in [9.17, 15) is 8.42 Å². The smallest absolute Gasteiger partial charge is 0.207 e. The Bertz CT molecular complexity index is 958. The maximum atomic E-state index is 13.7. The van der Waals surface area contributed by atoms with E-state index in [0.717, 1.165) is 28.7 Å². The molecule has 3 aromatic carbocycles. The fourth-order valence-corrected chi connectivity index (χ4v) is 5.05. The standard InChI is InChI=1S/C24H27NO2S/c1-3-20-15-16-23(4-2)24(17-20)28(26,27)25(18-21-11-7-5-8-12-21)19-22-13-9-6-10-14-22/h5-17H,3-4,18-19H2,1-2H3. The highest BCUT2D eigenvalue weighted by Gasteiger charge is 2.27. The lowest BCUT2D eigenvalue weighted by molar-refractivity contribution is 0.400. The van der Waals surface area contributed by atoms with Crippen LogP contribution >= 0.6 is 0 Å². The Balaban J connectivity index is 2.05. The quantitative estimate of drug-likeness (QED) is 0.527. The number of sulfonamides is 1. The van der Waals surface area contributed by atoms with E-state index in [1.165, 1.54) is 0 Å². The molecule has 3 rings (SSSR count). The summed E-state index contributed by atoms with van der Waals surface area (Å²) in [7, 11) is -3.64. The summed E-state index contributed by atoms with van der Waals surface area (Å²) in [6.07, 6.45) is 1.49. The van der Waals surface area contributed by atoms with Crippen LogP contribution in [0.25, 0.3) is 0 Å². The van der Waals surface area contributed by atoms with Crippen molar-refractivity contribution in [1.82, 2.24) is 4.31 Å². The second-order valence-corrected chi connectivity index (χ2v) is 8.80. The van der Waals surface area contributed by atoms with Gasteiger partial charge in [0.05, 0.1) is 4.90 Å². The SMILES string of the molecule is CCc1ccc(CC)c(S(=O)(=O)N(Cc2ccccc2)Cc2ccccc2)c1. The average molecular weight is 394 g/mol. The van der Waals surface area contributed by atoms with Crippen molar-refractivity contribution >= 4 is 10.0 Å². The van der Waals surface area contributed by atoms with Gasteiger partial charge in [-0.25, -0.2) is 8.42 Å². The number of nitrogens with zero attached hydrogens (tertiary/aromatic N) is 1. The molecule has 0 atom stereocenters. The molecule has 0 saturated heterocycles. The summed E-state index contributed by atoms with van der Waals surface area (Å²) in [5, 5.41) is 0. The Morgan fingerprint density at radius 3 is 1.68 bits per heavy atom. The van der Waals surface area contributed by atoms with Crippen LogP contribution in [0.15, 0.2) is 83.8 Å². The first-order valence-electron chi connectivity index (χ1n) is 9.74. The van der Waals surface area contributed by atoms with Crippen LogP contribution in [0.2, 0.25) is 0 Å². The number of benzene rings is 3. The fourth-order valence-electron chi connectivity index (χ4n) is 3.29. The van der Waals surface area contributed by atoms with Crippen molar-refractivity contribution in [3.63, 3.8) is 0 Å². The van der Waals surface area contributed by atoms with Gasteiger partial charge in [0.15, 0.2) is 0 Å². The molecule has 0 heterocycles. The van der Waals surface area contributed by atoms with Gasteiger partial charge in [0.1, 0.15) is 0 Å². The first-order valence-corrected chi connectivity index (χ1v) is 11.2. The monoisotopic (exact) mass is 393 g/mol. The van der Waals surface area contributed by atoms with E-state index in [2.05, 4.69) is 0 Å². The number of hydrogen-bond donors (Lipinski definition) is 0. The minimum Gasteiger partial charge on any atom is -0.207 e. The van der Waals surface area contributed by atoms with Crippen molar-refractivity contribution in [2.75, 3.05) is 0 Å². The Morgan fingerprint density at radius 2 is 1.21 bits per heavy atom. The van der Waals surface area contributed by atoms with E-state index in [1.54, 1.807) is 4.31 Å². The Morgan fingerprint density at radius 1 is 0.679 bits per heavy atom. The van der Waals surface area contributed by atoms with E-state index < -0.39 is 10.0 Å². The van der Waals surface area contributed by atoms with Gasteiger partial charge in [0.25, 0.3) is 0 Å². The molecule has 0 aliphatic heterocycles. The van der Waals surface area contributed by atoms with Gasteiger partial charge in [-0.2, -0.15) is 4.31 Å². The molecule has 0 bridgehead atoms. The van der Waals surface area contributed by atoms with Crippen LogP contribution in [-0.4, -0.2) is 12.7 Å². The third-order valence-electron chi connectivity index (χ3n) is 4.94. The molecular formula is C24H27NO2S. The van der Waals surface area contributed by atoms with E-state index in [1.807, 2.05) is 92.7 Å². The van der Waals surface area contributed by atoms with Crippen molar-refractivity contribution < 1.29 is 8.42 Å². The third-order valence-corrected chi connectivity index (χ3v) is 6.82. The molecular weight excluding hydrogens is 366 g/mol. The van der Waals surface area contributed by atoms with E-state index in [4.69, 9.17) is 0 Å². The molecule has 0 unspecified atom stereocenters. The van der Waals surface area contributed by atoms with Gasteiger partial charge < -0.3 is 0 Å². The van der Waals surface area contributed by atoms with Crippen LogP contribution in [0, 0.1) is 0 Å². The highest BCUT2D eigenvalue weighted by atomic mass is 32.2. The van der Waals surface area contributed by atoms with Gasteiger partial charge in [-0.3, -0.25) is 0 Å². The number of rotatable bonds is 8. The maximum Gasteiger partial charge on any atom is 0.243 e. The van der Waals surface area contributed by atoms with Gasteiger partial charge in [-0.1, -0.05) is 86.6 Å². The normalized spacial score (nSPS) is 11.7. The van der Waals surface area contributed by atoms with Crippen molar-refractivity contribution in [3.8, 4) is 0 Å². The minimum absolute atomic E-state index is 0.345. The molecule has 28 heavy (non-hydrogen) atoms. The van der Waals surface area contributed by atoms with Crippen LogP contribution < -0.4 is 0 Å². The third kappa shape index (κ3) is 4.70. The fraction of sp³-hybridized carbons (Fsp3) is 0.250. The molecule has 4 heteroatoms. The van der Waals surface area contributed by atoms with Crippen molar-refractivity contribution in [1.29, 1.82) is 0 Å². The molecule has 0 radical (unpaired) electrons. The molecule has 0 N–H and O–H groups in total. The first-order chi connectivity index (χ1) is 13.5. The van der Waals surface area contributed by atoms with Crippen LogP contribution in [0.5, 0.6) is 0 Å². The highest BCUT2D eigenvalue weighted by Crippen LogP contribution is 2.26. The Hall–Kier alpha value is -2.43.